The summed E-state index contributed by atoms with van der Waals surface area (Å²) >= 11 is 3.14. The molecule has 0 aliphatic rings. The molecule has 20 heavy (non-hydrogen) atoms. The van der Waals surface area contributed by atoms with Crippen molar-refractivity contribution in [3.05, 3.63) is 32.3 Å². The van der Waals surface area contributed by atoms with Crippen LogP contribution in [0.5, 0.6) is 0 Å². The maximum atomic E-state index is 12.1. The molecule has 9 heteroatoms. The van der Waals surface area contributed by atoms with Gasteiger partial charge in [0.2, 0.25) is 10.0 Å². The molecule has 1 aromatic rings. The Balaban J connectivity index is 3.04. The molecule has 0 aromatic heterocycles. The molecule has 0 saturated heterocycles. The number of nitrogens with one attached hydrogen (secondary N) is 2. The molecule has 0 heterocycles. The van der Waals surface area contributed by atoms with Gasteiger partial charge in [-0.2, -0.15) is 0 Å². The van der Waals surface area contributed by atoms with E-state index in [1.807, 2.05) is 0 Å². The molecule has 0 atom stereocenters. The van der Waals surface area contributed by atoms with Crippen molar-refractivity contribution in [2.45, 2.75) is 18.2 Å². The topological polar surface area (TPSA) is 101 Å². The molecule has 112 valence electrons. The van der Waals surface area contributed by atoms with Gasteiger partial charge in [0.25, 0.3) is 5.69 Å². The van der Waals surface area contributed by atoms with Gasteiger partial charge < -0.3 is 5.32 Å². The van der Waals surface area contributed by atoms with Crippen molar-refractivity contribution in [3.63, 3.8) is 0 Å². The van der Waals surface area contributed by atoms with Gasteiger partial charge in [0.15, 0.2) is 0 Å². The van der Waals surface area contributed by atoms with E-state index in [0.29, 0.717) is 23.0 Å². The van der Waals surface area contributed by atoms with Gasteiger partial charge in [-0.05, 0) is 33.0 Å². The maximum Gasteiger partial charge on any atom is 0.274 e. The summed E-state index contributed by atoms with van der Waals surface area (Å²) in [6.45, 7) is 2.50. The van der Waals surface area contributed by atoms with Gasteiger partial charge in [0, 0.05) is 22.6 Å². The van der Waals surface area contributed by atoms with Crippen LogP contribution in [0.1, 0.15) is 12.0 Å². The minimum absolute atomic E-state index is 0.119. The van der Waals surface area contributed by atoms with Gasteiger partial charge in [-0.3, -0.25) is 10.1 Å². The Labute approximate surface area is 126 Å². The lowest BCUT2D eigenvalue weighted by Gasteiger charge is -2.08. The minimum atomic E-state index is -3.75. The molecule has 7 nitrogen and oxygen atoms in total. The Morgan fingerprint density at radius 1 is 1.35 bits per heavy atom. The maximum absolute atomic E-state index is 12.1. The molecule has 0 unspecified atom stereocenters. The van der Waals surface area contributed by atoms with E-state index in [9.17, 15) is 18.5 Å². The predicted molar refractivity (Wildman–Crippen MR) is 79.3 cm³/mol. The van der Waals surface area contributed by atoms with Crippen molar-refractivity contribution < 1.29 is 13.3 Å². The Bertz CT molecular complexity index is 604. The van der Waals surface area contributed by atoms with Crippen LogP contribution in [-0.4, -0.2) is 33.5 Å². The smallest absolute Gasteiger partial charge is 0.274 e. The van der Waals surface area contributed by atoms with E-state index in [4.69, 9.17) is 0 Å². The first-order valence-electron chi connectivity index (χ1n) is 5.88. The van der Waals surface area contributed by atoms with Crippen molar-refractivity contribution in [1.29, 1.82) is 0 Å². The standard InChI is InChI=1S/C11H16BrN3O4S/c1-8-10(12)6-9(7-11(8)15(16)17)20(18,19)14-5-3-4-13-2/h6-7,13-14H,3-5H2,1-2H3. The summed E-state index contributed by atoms with van der Waals surface area (Å²) < 4.78 is 26.9. The van der Waals surface area contributed by atoms with E-state index in [1.165, 1.54) is 6.07 Å². The van der Waals surface area contributed by atoms with Crippen LogP contribution in [0.4, 0.5) is 5.69 Å². The van der Waals surface area contributed by atoms with Crippen LogP contribution in [0.15, 0.2) is 21.5 Å². The average molecular weight is 366 g/mol. The fraction of sp³-hybridized carbons (Fsp3) is 0.455. The molecule has 1 aromatic carbocycles. The first kappa shape index (κ1) is 17.0. The lowest BCUT2D eigenvalue weighted by atomic mass is 10.2. The first-order valence-corrected chi connectivity index (χ1v) is 8.16. The number of hydrogen-bond acceptors (Lipinski definition) is 5. The molecule has 0 aliphatic heterocycles. The Hall–Kier alpha value is -1.03. The monoisotopic (exact) mass is 365 g/mol. The molecular formula is C11H16BrN3O4S. The number of benzene rings is 1. The number of halogens is 1. The SMILES string of the molecule is CNCCCNS(=O)(=O)c1cc(Br)c(C)c([N+](=O)[O-])c1. The van der Waals surface area contributed by atoms with E-state index in [2.05, 4.69) is 26.0 Å². The molecule has 2 N–H and O–H groups in total. The Morgan fingerprint density at radius 3 is 2.55 bits per heavy atom. The van der Waals surface area contributed by atoms with Crippen LogP contribution < -0.4 is 10.0 Å². The van der Waals surface area contributed by atoms with Gasteiger partial charge >= 0.3 is 0 Å². The number of rotatable bonds is 7. The fourth-order valence-electron chi connectivity index (χ4n) is 1.54. The van der Waals surface area contributed by atoms with Crippen molar-refractivity contribution >= 4 is 31.6 Å². The second-order valence-electron chi connectivity index (χ2n) is 4.16. The highest BCUT2D eigenvalue weighted by molar-refractivity contribution is 9.10. The summed E-state index contributed by atoms with van der Waals surface area (Å²) in [5.41, 5.74) is 0.166. The zero-order valence-electron chi connectivity index (χ0n) is 11.1. The van der Waals surface area contributed by atoms with Crippen molar-refractivity contribution in [3.8, 4) is 0 Å². The third-order valence-corrected chi connectivity index (χ3v) is 4.96. The molecular weight excluding hydrogens is 350 g/mol. The molecule has 0 aliphatic carbocycles. The summed E-state index contributed by atoms with van der Waals surface area (Å²) in [5, 5.41) is 13.8. The third kappa shape index (κ3) is 4.23. The molecule has 0 bridgehead atoms. The summed E-state index contributed by atoms with van der Waals surface area (Å²) in [4.78, 5) is 10.2. The lowest BCUT2D eigenvalue weighted by Crippen LogP contribution is -2.27. The van der Waals surface area contributed by atoms with Gasteiger partial charge in [-0.1, -0.05) is 15.9 Å². The minimum Gasteiger partial charge on any atom is -0.320 e. The largest absolute Gasteiger partial charge is 0.320 e. The highest BCUT2D eigenvalue weighted by Crippen LogP contribution is 2.29. The molecule has 0 radical (unpaired) electrons. The second-order valence-corrected chi connectivity index (χ2v) is 6.78. The van der Waals surface area contributed by atoms with Crippen molar-refractivity contribution in [2.75, 3.05) is 20.1 Å². The molecule has 0 amide bonds. The van der Waals surface area contributed by atoms with Crippen LogP contribution in [0.3, 0.4) is 0 Å². The van der Waals surface area contributed by atoms with Crippen molar-refractivity contribution in [1.82, 2.24) is 10.0 Å². The number of hydrogen-bond donors (Lipinski definition) is 2. The van der Waals surface area contributed by atoms with Gasteiger partial charge in [-0.15, -0.1) is 0 Å². The molecule has 0 fully saturated rings. The quantitative estimate of drug-likeness (QED) is 0.433. The van der Waals surface area contributed by atoms with Crippen LogP contribution in [0, 0.1) is 17.0 Å². The van der Waals surface area contributed by atoms with Gasteiger partial charge in [-0.25, -0.2) is 13.1 Å². The summed E-state index contributed by atoms with van der Waals surface area (Å²) in [6, 6.07) is 2.43. The van der Waals surface area contributed by atoms with Gasteiger partial charge in [0.05, 0.1) is 9.82 Å². The predicted octanol–water partition coefficient (Wildman–Crippen LogP) is 1.55. The normalized spacial score (nSPS) is 11.6. The highest BCUT2D eigenvalue weighted by Gasteiger charge is 2.21. The summed E-state index contributed by atoms with van der Waals surface area (Å²) in [6.07, 6.45) is 0.630. The third-order valence-electron chi connectivity index (χ3n) is 2.69. The number of nitrogens with zero attached hydrogens (tertiary/aromatic N) is 1. The van der Waals surface area contributed by atoms with Crippen LogP contribution >= 0.6 is 15.9 Å². The highest BCUT2D eigenvalue weighted by atomic mass is 79.9. The Kier molecular flexibility index (Phi) is 6.06. The molecule has 1 rings (SSSR count). The molecule has 0 saturated carbocycles. The van der Waals surface area contributed by atoms with E-state index >= 15 is 0 Å². The lowest BCUT2D eigenvalue weighted by molar-refractivity contribution is -0.385. The van der Waals surface area contributed by atoms with E-state index in [0.717, 1.165) is 6.07 Å². The Morgan fingerprint density at radius 2 is 2.00 bits per heavy atom. The van der Waals surface area contributed by atoms with Crippen LogP contribution in [0.2, 0.25) is 0 Å². The van der Waals surface area contributed by atoms with Crippen LogP contribution in [0.25, 0.3) is 0 Å². The second kappa shape index (κ2) is 7.11. The zero-order valence-corrected chi connectivity index (χ0v) is 13.5. The summed E-state index contributed by atoms with van der Waals surface area (Å²) in [7, 11) is -1.98. The summed E-state index contributed by atoms with van der Waals surface area (Å²) in [5.74, 6) is 0. The van der Waals surface area contributed by atoms with Crippen LogP contribution in [-0.2, 0) is 10.0 Å². The van der Waals surface area contributed by atoms with Gasteiger partial charge in [0.1, 0.15) is 0 Å². The average Bonchev–Trinajstić information content (AvgIpc) is 2.37. The van der Waals surface area contributed by atoms with E-state index in [1.54, 1.807) is 14.0 Å². The molecule has 0 spiro atoms. The number of nitro benzene ring substituents is 1. The fourth-order valence-corrected chi connectivity index (χ4v) is 3.26. The zero-order chi connectivity index (χ0) is 15.3. The van der Waals surface area contributed by atoms with E-state index < -0.39 is 14.9 Å². The first-order chi connectivity index (χ1) is 9.29. The van der Waals surface area contributed by atoms with E-state index in [-0.39, 0.29) is 17.1 Å². The number of nitro groups is 1. The van der Waals surface area contributed by atoms with Crippen molar-refractivity contribution in [2.24, 2.45) is 0 Å². The number of sulfonamides is 1.